The summed E-state index contributed by atoms with van der Waals surface area (Å²) in [6.45, 7) is 0. The van der Waals surface area contributed by atoms with Crippen molar-refractivity contribution >= 4 is 37.8 Å². The van der Waals surface area contributed by atoms with Gasteiger partial charge in [0.1, 0.15) is 4.90 Å². The lowest BCUT2D eigenvalue weighted by Crippen LogP contribution is -2.19. The van der Waals surface area contributed by atoms with Crippen LogP contribution in [0.3, 0.4) is 0 Å². The molecule has 0 radical (unpaired) electrons. The molecular weight excluding hydrogens is 438 g/mol. The first kappa shape index (κ1) is 20.6. The largest absolute Gasteiger partial charge is 0.493 e. The van der Waals surface area contributed by atoms with Crippen LogP contribution in [0.15, 0.2) is 47.4 Å². The van der Waals surface area contributed by atoms with E-state index in [1.54, 1.807) is 12.1 Å². The van der Waals surface area contributed by atoms with Crippen molar-refractivity contribution in [1.29, 1.82) is 0 Å². The number of halogens is 1. The van der Waals surface area contributed by atoms with Crippen LogP contribution >= 0.6 is 15.9 Å². The fourth-order valence-corrected chi connectivity index (χ4v) is 3.06. The van der Waals surface area contributed by atoms with E-state index < -0.39 is 16.2 Å². The molecular formula is C18H16BrNO6S. The maximum atomic E-state index is 12.3. The highest BCUT2D eigenvalue weighted by Gasteiger charge is 2.21. The van der Waals surface area contributed by atoms with Crippen molar-refractivity contribution in [2.45, 2.75) is 4.90 Å². The third kappa shape index (κ3) is 5.64. The summed E-state index contributed by atoms with van der Waals surface area (Å²) in [5.74, 6) is 6.38. The number of carbonyl (C=O) groups excluding carboxylic acids is 1. The molecule has 0 aromatic heterocycles. The number of nitrogens with one attached hydrogen (secondary N) is 1. The molecule has 1 N–H and O–H groups in total. The number of anilines is 1. The second-order valence-corrected chi connectivity index (χ2v) is 7.09. The zero-order chi connectivity index (χ0) is 19.9. The molecule has 2 aromatic carbocycles. The Kier molecular flexibility index (Phi) is 7.10. The molecule has 7 nitrogen and oxygen atoms in total. The van der Waals surface area contributed by atoms with Crippen LogP contribution in [0, 0.1) is 11.8 Å². The fourth-order valence-electron chi connectivity index (χ4n) is 2.07. The van der Waals surface area contributed by atoms with Gasteiger partial charge in [0.05, 0.1) is 19.5 Å². The Morgan fingerprint density at radius 3 is 2.52 bits per heavy atom. The summed E-state index contributed by atoms with van der Waals surface area (Å²) in [6, 6.07) is 10.4. The number of hydrogen-bond donors (Lipinski definition) is 1. The monoisotopic (exact) mass is 453 g/mol. The molecule has 0 saturated carbocycles. The minimum atomic E-state index is -4.30. The summed E-state index contributed by atoms with van der Waals surface area (Å²) in [7, 11) is -1.39. The molecule has 0 bridgehead atoms. The lowest BCUT2D eigenvalue weighted by atomic mass is 10.2. The van der Waals surface area contributed by atoms with Gasteiger partial charge in [-0.2, -0.15) is 8.42 Å². The number of ether oxygens (including phenoxy) is 2. The molecule has 0 aliphatic rings. The maximum Gasteiger partial charge on any atom is 0.427 e. The minimum absolute atomic E-state index is 0.175. The van der Waals surface area contributed by atoms with Crippen molar-refractivity contribution < 1.29 is 26.9 Å². The van der Waals surface area contributed by atoms with Crippen molar-refractivity contribution in [3.63, 3.8) is 0 Å². The number of hydrogen-bond acceptors (Lipinski definition) is 6. The van der Waals surface area contributed by atoms with Crippen LogP contribution in [0.4, 0.5) is 10.5 Å². The van der Waals surface area contributed by atoms with Crippen LogP contribution in [-0.4, -0.2) is 34.1 Å². The van der Waals surface area contributed by atoms with Crippen LogP contribution < -0.4 is 14.8 Å². The Labute approximate surface area is 165 Å². The van der Waals surface area contributed by atoms with E-state index in [4.69, 9.17) is 9.47 Å². The number of alkyl halides is 1. The highest BCUT2D eigenvalue weighted by Crippen LogP contribution is 2.29. The van der Waals surface area contributed by atoms with Gasteiger partial charge in [-0.15, -0.1) is 0 Å². The van der Waals surface area contributed by atoms with Crippen molar-refractivity contribution in [2.24, 2.45) is 0 Å². The molecule has 0 aliphatic heterocycles. The second kappa shape index (κ2) is 9.30. The molecule has 2 aromatic rings. The van der Waals surface area contributed by atoms with Gasteiger partial charge in [0.25, 0.3) is 0 Å². The second-order valence-electron chi connectivity index (χ2n) is 4.98. The molecule has 0 aliphatic carbocycles. The smallest absolute Gasteiger partial charge is 0.427 e. The van der Waals surface area contributed by atoms with E-state index in [2.05, 4.69) is 37.3 Å². The zero-order valence-electron chi connectivity index (χ0n) is 14.5. The van der Waals surface area contributed by atoms with E-state index in [1.165, 1.54) is 44.6 Å². The quantitative estimate of drug-likeness (QED) is 0.423. The van der Waals surface area contributed by atoms with E-state index in [0.29, 0.717) is 22.4 Å². The summed E-state index contributed by atoms with van der Waals surface area (Å²) < 4.78 is 39.4. The highest BCUT2D eigenvalue weighted by molar-refractivity contribution is 9.09. The average molecular weight is 454 g/mol. The van der Waals surface area contributed by atoms with Crippen LogP contribution in [0.25, 0.3) is 0 Å². The SMILES string of the molecule is COc1ccc(NC(=O)OS(=O)(=O)c2cccc(C#CCBr)c2)cc1OC. The summed E-state index contributed by atoms with van der Waals surface area (Å²) in [6.07, 6.45) is -1.15. The number of rotatable bonds is 5. The van der Waals surface area contributed by atoms with Gasteiger partial charge in [0, 0.05) is 17.3 Å². The third-order valence-corrected chi connectivity index (χ3v) is 4.72. The molecule has 0 saturated heterocycles. The fraction of sp³-hybridized carbons (Fsp3) is 0.167. The van der Waals surface area contributed by atoms with Crippen molar-refractivity contribution in [2.75, 3.05) is 24.9 Å². The van der Waals surface area contributed by atoms with Gasteiger partial charge in [-0.1, -0.05) is 33.8 Å². The normalized spacial score (nSPS) is 10.3. The summed E-state index contributed by atoms with van der Waals surface area (Å²) >= 11 is 3.16. The van der Waals surface area contributed by atoms with Crippen molar-refractivity contribution in [3.8, 4) is 23.3 Å². The minimum Gasteiger partial charge on any atom is -0.493 e. The van der Waals surface area contributed by atoms with Gasteiger partial charge >= 0.3 is 16.2 Å². The number of methoxy groups -OCH3 is 2. The zero-order valence-corrected chi connectivity index (χ0v) is 16.9. The predicted molar refractivity (Wildman–Crippen MR) is 104 cm³/mol. The van der Waals surface area contributed by atoms with Gasteiger partial charge in [-0.3, -0.25) is 5.32 Å². The van der Waals surface area contributed by atoms with Crippen LogP contribution in [0.1, 0.15) is 5.56 Å². The van der Waals surface area contributed by atoms with E-state index in [-0.39, 0.29) is 10.6 Å². The lowest BCUT2D eigenvalue weighted by Gasteiger charge is -2.11. The highest BCUT2D eigenvalue weighted by atomic mass is 79.9. The first-order chi connectivity index (χ1) is 12.9. The molecule has 0 atom stereocenters. The summed E-state index contributed by atoms with van der Waals surface area (Å²) in [4.78, 5) is 11.8. The average Bonchev–Trinajstić information content (AvgIpc) is 2.66. The molecule has 2 rings (SSSR count). The number of amides is 1. The first-order valence-electron chi connectivity index (χ1n) is 7.52. The lowest BCUT2D eigenvalue weighted by molar-refractivity contribution is 0.217. The van der Waals surface area contributed by atoms with Crippen LogP contribution in [-0.2, 0) is 14.3 Å². The Morgan fingerprint density at radius 1 is 1.11 bits per heavy atom. The molecule has 1 amide bonds. The molecule has 0 heterocycles. The molecule has 0 spiro atoms. The van der Waals surface area contributed by atoms with E-state index in [0.717, 1.165) is 0 Å². The molecule has 0 fully saturated rings. The van der Waals surface area contributed by atoms with Gasteiger partial charge in [0.2, 0.25) is 0 Å². The molecule has 142 valence electrons. The van der Waals surface area contributed by atoms with Gasteiger partial charge < -0.3 is 13.7 Å². The number of benzene rings is 2. The Hall–Kier alpha value is -2.70. The Balaban J connectivity index is 2.15. The van der Waals surface area contributed by atoms with Crippen LogP contribution in [0.5, 0.6) is 11.5 Å². The van der Waals surface area contributed by atoms with Gasteiger partial charge in [-0.25, -0.2) is 4.79 Å². The topological polar surface area (TPSA) is 90.9 Å². The van der Waals surface area contributed by atoms with Crippen molar-refractivity contribution in [3.05, 3.63) is 48.0 Å². The molecule has 9 heteroatoms. The van der Waals surface area contributed by atoms with Gasteiger partial charge in [-0.05, 0) is 30.3 Å². The maximum absolute atomic E-state index is 12.3. The number of carbonyl (C=O) groups is 1. The summed E-state index contributed by atoms with van der Waals surface area (Å²) in [5, 5.41) is 2.79. The van der Waals surface area contributed by atoms with Gasteiger partial charge in [0.15, 0.2) is 11.5 Å². The predicted octanol–water partition coefficient (Wildman–Crippen LogP) is 3.39. The Morgan fingerprint density at radius 2 is 1.85 bits per heavy atom. The van der Waals surface area contributed by atoms with E-state index in [9.17, 15) is 13.2 Å². The molecule has 27 heavy (non-hydrogen) atoms. The Bertz CT molecular complexity index is 994. The molecule has 0 unspecified atom stereocenters. The first-order valence-corrected chi connectivity index (χ1v) is 10.0. The van der Waals surface area contributed by atoms with Crippen molar-refractivity contribution in [1.82, 2.24) is 0 Å². The standard InChI is InChI=1S/C18H16BrNO6S/c1-24-16-9-8-14(12-17(16)25-2)20-18(21)26-27(22,23)15-7-3-5-13(11-15)6-4-10-19/h3,5,7-9,11-12H,10H2,1-2H3,(H,20,21). The third-order valence-electron chi connectivity index (χ3n) is 3.24. The summed E-state index contributed by atoms with van der Waals surface area (Å²) in [5.41, 5.74) is 0.768. The van der Waals surface area contributed by atoms with E-state index >= 15 is 0 Å². The van der Waals surface area contributed by atoms with E-state index in [1.807, 2.05) is 0 Å². The van der Waals surface area contributed by atoms with Crippen LogP contribution in [0.2, 0.25) is 0 Å².